The maximum absolute atomic E-state index is 9.04. The van der Waals surface area contributed by atoms with Crippen molar-refractivity contribution in [2.75, 3.05) is 14.2 Å². The van der Waals surface area contributed by atoms with Crippen LogP contribution in [0.4, 0.5) is 0 Å². The number of hydrogen-bond donors (Lipinski definition) is 1. The number of allylic oxidation sites excluding steroid dienone is 4. The lowest BCUT2D eigenvalue weighted by atomic mass is 10.3. The van der Waals surface area contributed by atoms with Gasteiger partial charge in [0.2, 0.25) is 0 Å². The standard InChI is InChI=1S/C13H18O3/c1-4-5-9-12(15-2)10-7-6-8-11-13(14)16-3/h1,7-11,13-14H,5-6H2,2-3H3/b10-7-,11-8+,12-9+/t13-/m1/s1. The van der Waals surface area contributed by atoms with Gasteiger partial charge >= 0.3 is 0 Å². The highest BCUT2D eigenvalue weighted by Gasteiger charge is 1.90. The molecule has 0 aliphatic rings. The van der Waals surface area contributed by atoms with E-state index in [1.165, 1.54) is 7.11 Å². The van der Waals surface area contributed by atoms with Crippen molar-refractivity contribution in [3.63, 3.8) is 0 Å². The summed E-state index contributed by atoms with van der Waals surface area (Å²) in [5.74, 6) is 3.24. The molecular weight excluding hydrogens is 204 g/mol. The first-order valence-corrected chi connectivity index (χ1v) is 4.96. The van der Waals surface area contributed by atoms with E-state index in [1.807, 2.05) is 18.2 Å². The zero-order valence-corrected chi connectivity index (χ0v) is 9.72. The van der Waals surface area contributed by atoms with Crippen LogP contribution in [0.15, 0.2) is 36.1 Å². The number of methoxy groups -OCH3 is 2. The van der Waals surface area contributed by atoms with Gasteiger partial charge in [0.05, 0.1) is 7.11 Å². The van der Waals surface area contributed by atoms with Gasteiger partial charge in [-0.15, -0.1) is 12.3 Å². The quantitative estimate of drug-likeness (QED) is 0.235. The van der Waals surface area contributed by atoms with Crippen molar-refractivity contribution < 1.29 is 14.6 Å². The monoisotopic (exact) mass is 222 g/mol. The molecule has 3 nitrogen and oxygen atoms in total. The summed E-state index contributed by atoms with van der Waals surface area (Å²) in [4.78, 5) is 0. The van der Waals surface area contributed by atoms with Gasteiger partial charge in [-0.3, -0.25) is 0 Å². The Kier molecular flexibility index (Phi) is 9.09. The van der Waals surface area contributed by atoms with Gasteiger partial charge in [-0.2, -0.15) is 0 Å². The van der Waals surface area contributed by atoms with Gasteiger partial charge in [-0.25, -0.2) is 0 Å². The molecular formula is C13H18O3. The summed E-state index contributed by atoms with van der Waals surface area (Å²) in [6.07, 6.45) is 14.5. The molecule has 88 valence electrons. The summed E-state index contributed by atoms with van der Waals surface area (Å²) in [6, 6.07) is 0. The number of terminal acetylenes is 1. The minimum absolute atomic E-state index is 0.547. The molecule has 0 fully saturated rings. The molecule has 1 N–H and O–H groups in total. The van der Waals surface area contributed by atoms with Crippen LogP contribution in [0.25, 0.3) is 0 Å². The highest BCUT2D eigenvalue weighted by atomic mass is 16.6. The van der Waals surface area contributed by atoms with E-state index in [1.54, 1.807) is 19.3 Å². The van der Waals surface area contributed by atoms with Crippen LogP contribution in [-0.4, -0.2) is 25.6 Å². The van der Waals surface area contributed by atoms with Gasteiger partial charge in [-0.1, -0.05) is 12.2 Å². The zero-order valence-electron chi connectivity index (χ0n) is 9.72. The normalized spacial score (nSPS) is 14.2. The molecule has 0 unspecified atom stereocenters. The lowest BCUT2D eigenvalue weighted by Crippen LogP contribution is -2.03. The molecule has 0 aliphatic heterocycles. The van der Waals surface area contributed by atoms with E-state index < -0.39 is 6.29 Å². The smallest absolute Gasteiger partial charge is 0.173 e. The first kappa shape index (κ1) is 14.5. The summed E-state index contributed by atoms with van der Waals surface area (Å²) in [6.45, 7) is 0. The highest BCUT2D eigenvalue weighted by molar-refractivity contribution is 5.15. The second kappa shape index (κ2) is 10.0. The lowest BCUT2D eigenvalue weighted by molar-refractivity contribution is -0.0357. The first-order chi connectivity index (χ1) is 7.74. The summed E-state index contributed by atoms with van der Waals surface area (Å²) >= 11 is 0. The van der Waals surface area contributed by atoms with Crippen LogP contribution in [0.3, 0.4) is 0 Å². The minimum Gasteiger partial charge on any atom is -0.497 e. The molecule has 3 heteroatoms. The summed E-state index contributed by atoms with van der Waals surface area (Å²) < 4.78 is 9.72. The first-order valence-electron chi connectivity index (χ1n) is 4.96. The van der Waals surface area contributed by atoms with E-state index in [4.69, 9.17) is 16.3 Å². The fourth-order valence-corrected chi connectivity index (χ4v) is 0.915. The largest absolute Gasteiger partial charge is 0.497 e. The van der Waals surface area contributed by atoms with Gasteiger partial charge in [0.15, 0.2) is 6.29 Å². The second-order valence-electron chi connectivity index (χ2n) is 2.91. The Balaban J connectivity index is 3.99. The Hall–Kier alpha value is -1.50. The predicted octanol–water partition coefficient (Wildman–Crippen LogP) is 2.01. The third kappa shape index (κ3) is 7.86. The van der Waals surface area contributed by atoms with Gasteiger partial charge in [-0.05, 0) is 24.6 Å². The third-order valence-electron chi connectivity index (χ3n) is 1.75. The van der Waals surface area contributed by atoms with Crippen molar-refractivity contribution in [2.24, 2.45) is 0 Å². The van der Waals surface area contributed by atoms with Crippen LogP contribution in [0.1, 0.15) is 12.8 Å². The van der Waals surface area contributed by atoms with Gasteiger partial charge < -0.3 is 14.6 Å². The van der Waals surface area contributed by atoms with Gasteiger partial charge in [0.25, 0.3) is 0 Å². The van der Waals surface area contributed by atoms with E-state index in [9.17, 15) is 0 Å². The Morgan fingerprint density at radius 1 is 1.44 bits per heavy atom. The average molecular weight is 222 g/mol. The molecule has 16 heavy (non-hydrogen) atoms. The maximum Gasteiger partial charge on any atom is 0.173 e. The zero-order chi connectivity index (χ0) is 12.2. The van der Waals surface area contributed by atoms with Gasteiger partial charge in [0.1, 0.15) is 5.76 Å². The molecule has 0 aromatic heterocycles. The molecule has 0 amide bonds. The van der Waals surface area contributed by atoms with Crippen LogP contribution < -0.4 is 0 Å². The van der Waals surface area contributed by atoms with Crippen molar-refractivity contribution in [3.05, 3.63) is 36.1 Å². The van der Waals surface area contributed by atoms with Gasteiger partial charge in [0, 0.05) is 13.5 Å². The molecule has 0 aromatic carbocycles. The Bertz CT molecular complexity index is 295. The Morgan fingerprint density at radius 3 is 2.75 bits per heavy atom. The maximum atomic E-state index is 9.04. The van der Waals surface area contributed by atoms with Crippen molar-refractivity contribution in [1.82, 2.24) is 0 Å². The summed E-state index contributed by atoms with van der Waals surface area (Å²) in [5, 5.41) is 9.04. The number of aliphatic hydroxyl groups excluding tert-OH is 1. The number of ether oxygens (including phenoxy) is 2. The van der Waals surface area contributed by atoms with E-state index in [0.717, 1.165) is 5.76 Å². The third-order valence-corrected chi connectivity index (χ3v) is 1.75. The molecule has 0 saturated carbocycles. The number of aliphatic hydroxyl groups is 1. The Labute approximate surface area is 97.1 Å². The molecule has 0 rings (SSSR count). The average Bonchev–Trinajstić information content (AvgIpc) is 2.32. The minimum atomic E-state index is -0.840. The fraction of sp³-hybridized carbons (Fsp3) is 0.385. The number of rotatable bonds is 7. The predicted molar refractivity (Wildman–Crippen MR) is 64.5 cm³/mol. The number of hydrogen-bond acceptors (Lipinski definition) is 3. The molecule has 0 spiro atoms. The van der Waals surface area contributed by atoms with E-state index >= 15 is 0 Å². The molecule has 0 saturated heterocycles. The molecule has 0 aliphatic carbocycles. The highest BCUT2D eigenvalue weighted by Crippen LogP contribution is 2.01. The molecule has 0 aromatic rings. The summed E-state index contributed by atoms with van der Waals surface area (Å²) in [7, 11) is 3.04. The summed E-state index contributed by atoms with van der Waals surface area (Å²) in [5.41, 5.74) is 0. The van der Waals surface area contributed by atoms with E-state index in [2.05, 4.69) is 10.7 Å². The van der Waals surface area contributed by atoms with E-state index in [0.29, 0.717) is 12.8 Å². The molecule has 0 radical (unpaired) electrons. The SMILES string of the molecule is C#CC/C=C(\C=C/C/C=C/[C@H](O)OC)OC. The second-order valence-corrected chi connectivity index (χ2v) is 2.91. The van der Waals surface area contributed by atoms with Crippen molar-refractivity contribution in [1.29, 1.82) is 0 Å². The molecule has 1 atom stereocenters. The topological polar surface area (TPSA) is 38.7 Å². The molecule has 0 heterocycles. The fourth-order valence-electron chi connectivity index (χ4n) is 0.915. The van der Waals surface area contributed by atoms with Crippen molar-refractivity contribution >= 4 is 0 Å². The van der Waals surface area contributed by atoms with Crippen molar-refractivity contribution in [2.45, 2.75) is 19.1 Å². The lowest BCUT2D eigenvalue weighted by Gasteiger charge is -1.99. The van der Waals surface area contributed by atoms with Crippen LogP contribution in [0.2, 0.25) is 0 Å². The van der Waals surface area contributed by atoms with Crippen LogP contribution in [0, 0.1) is 12.3 Å². The Morgan fingerprint density at radius 2 is 2.19 bits per heavy atom. The van der Waals surface area contributed by atoms with Crippen molar-refractivity contribution in [3.8, 4) is 12.3 Å². The van der Waals surface area contributed by atoms with Crippen LogP contribution in [-0.2, 0) is 9.47 Å². The van der Waals surface area contributed by atoms with Crippen LogP contribution in [0.5, 0.6) is 0 Å². The van der Waals surface area contributed by atoms with E-state index in [-0.39, 0.29) is 0 Å². The van der Waals surface area contributed by atoms with Crippen LogP contribution >= 0.6 is 0 Å². The molecule has 0 bridgehead atoms.